The second kappa shape index (κ2) is 3.35. The van der Waals surface area contributed by atoms with Crippen molar-refractivity contribution in [2.75, 3.05) is 0 Å². The summed E-state index contributed by atoms with van der Waals surface area (Å²) in [6, 6.07) is 0. The quantitative estimate of drug-likeness (QED) is 0.730. The third-order valence-electron chi connectivity index (χ3n) is 5.64. The molecule has 2 fully saturated rings. The van der Waals surface area contributed by atoms with Crippen LogP contribution in [-0.2, 0) is 0 Å². The Morgan fingerprint density at radius 2 is 2.24 bits per heavy atom. The van der Waals surface area contributed by atoms with Crippen molar-refractivity contribution in [1.29, 1.82) is 0 Å². The van der Waals surface area contributed by atoms with Crippen molar-refractivity contribution in [2.24, 2.45) is 23.2 Å². The van der Waals surface area contributed by atoms with Crippen LogP contribution in [0.4, 0.5) is 0 Å². The first-order chi connectivity index (χ1) is 8.31. The molecule has 0 saturated heterocycles. The summed E-state index contributed by atoms with van der Waals surface area (Å²) in [5.74, 6) is 2.05. The number of allylic oxidation sites excluding steroid dienone is 6. The van der Waals surface area contributed by atoms with E-state index in [-0.39, 0.29) is 6.10 Å². The first-order valence-corrected chi connectivity index (χ1v) is 7.04. The highest BCUT2D eigenvalue weighted by atomic mass is 16.3. The molecular weight excluding hydrogens is 208 g/mol. The van der Waals surface area contributed by atoms with Crippen LogP contribution < -0.4 is 0 Å². The van der Waals surface area contributed by atoms with E-state index in [0.717, 1.165) is 12.3 Å². The van der Waals surface area contributed by atoms with E-state index in [1.807, 2.05) is 0 Å². The molecule has 0 radical (unpaired) electrons. The van der Waals surface area contributed by atoms with Gasteiger partial charge in [-0.3, -0.25) is 0 Å². The van der Waals surface area contributed by atoms with Crippen molar-refractivity contribution >= 4 is 0 Å². The molecule has 0 aromatic heterocycles. The highest BCUT2D eigenvalue weighted by Gasteiger charge is 2.65. The number of aliphatic hydroxyl groups excluding tert-OH is 1. The standard InChI is InChI=1S/C16H20O/c17-15-8-9-16(10-14(15)16)13-7-3-5-11-4-1-2-6-12(11)13/h1,3-5,7,12-15,17H,2,6,8-10H2. The van der Waals surface area contributed by atoms with Gasteiger partial charge in [-0.05, 0) is 60.8 Å². The van der Waals surface area contributed by atoms with Crippen molar-refractivity contribution in [3.63, 3.8) is 0 Å². The molecule has 2 saturated carbocycles. The average molecular weight is 228 g/mol. The van der Waals surface area contributed by atoms with Gasteiger partial charge in [-0.25, -0.2) is 0 Å². The SMILES string of the molecule is OC1CCC2(C3C=CC=C4C=CCCC43)CC12. The lowest BCUT2D eigenvalue weighted by molar-refractivity contribution is 0.155. The van der Waals surface area contributed by atoms with E-state index >= 15 is 0 Å². The van der Waals surface area contributed by atoms with Gasteiger partial charge in [0.2, 0.25) is 0 Å². The lowest BCUT2D eigenvalue weighted by Gasteiger charge is -2.35. The van der Waals surface area contributed by atoms with Crippen molar-refractivity contribution < 1.29 is 5.11 Å². The maximum atomic E-state index is 9.98. The van der Waals surface area contributed by atoms with Crippen LogP contribution in [0.3, 0.4) is 0 Å². The molecule has 1 N–H and O–H groups in total. The Kier molecular flexibility index (Phi) is 2.00. The molecule has 0 aliphatic heterocycles. The Morgan fingerprint density at radius 3 is 3.00 bits per heavy atom. The molecule has 4 aliphatic rings. The smallest absolute Gasteiger partial charge is 0.0574 e. The largest absolute Gasteiger partial charge is 0.393 e. The van der Waals surface area contributed by atoms with Gasteiger partial charge in [0.05, 0.1) is 6.10 Å². The molecule has 5 unspecified atom stereocenters. The molecule has 5 atom stereocenters. The summed E-state index contributed by atoms with van der Waals surface area (Å²) in [5.41, 5.74) is 2.01. The Morgan fingerprint density at radius 1 is 1.29 bits per heavy atom. The van der Waals surface area contributed by atoms with E-state index in [0.29, 0.717) is 17.3 Å². The minimum Gasteiger partial charge on any atom is -0.393 e. The molecule has 0 heterocycles. The van der Waals surface area contributed by atoms with Crippen LogP contribution in [-0.4, -0.2) is 11.2 Å². The third-order valence-corrected chi connectivity index (χ3v) is 5.64. The topological polar surface area (TPSA) is 20.2 Å². The number of rotatable bonds is 1. The zero-order valence-electron chi connectivity index (χ0n) is 10.2. The van der Waals surface area contributed by atoms with Gasteiger partial charge >= 0.3 is 0 Å². The molecule has 1 heteroatoms. The number of fused-ring (bicyclic) bond motifs is 2. The maximum absolute atomic E-state index is 9.98. The van der Waals surface area contributed by atoms with Gasteiger partial charge in [0, 0.05) is 0 Å². The molecule has 0 spiro atoms. The van der Waals surface area contributed by atoms with E-state index in [4.69, 9.17) is 0 Å². The molecule has 17 heavy (non-hydrogen) atoms. The van der Waals surface area contributed by atoms with Crippen LogP contribution in [0.15, 0.2) is 36.0 Å². The van der Waals surface area contributed by atoms with E-state index in [1.165, 1.54) is 31.3 Å². The van der Waals surface area contributed by atoms with Gasteiger partial charge < -0.3 is 5.11 Å². The predicted octanol–water partition coefficient (Wildman–Crippen LogP) is 3.23. The molecule has 0 amide bonds. The normalized spacial score (nSPS) is 50.8. The molecule has 0 aromatic rings. The fraction of sp³-hybridized carbons (Fsp3) is 0.625. The molecular formula is C16H20O. The number of aliphatic hydroxyl groups is 1. The van der Waals surface area contributed by atoms with Crippen molar-refractivity contribution in [2.45, 2.75) is 38.2 Å². The van der Waals surface area contributed by atoms with Gasteiger partial charge in [-0.2, -0.15) is 0 Å². The number of hydrogen-bond donors (Lipinski definition) is 1. The third kappa shape index (κ3) is 1.29. The van der Waals surface area contributed by atoms with Crippen molar-refractivity contribution in [3.8, 4) is 0 Å². The van der Waals surface area contributed by atoms with Gasteiger partial charge in [-0.1, -0.05) is 30.4 Å². The fourth-order valence-electron chi connectivity index (χ4n) is 4.69. The van der Waals surface area contributed by atoms with Crippen LogP contribution in [0.25, 0.3) is 0 Å². The summed E-state index contributed by atoms with van der Waals surface area (Å²) in [4.78, 5) is 0. The minimum absolute atomic E-state index is 0.00288. The Balaban J connectivity index is 1.66. The first kappa shape index (κ1) is 10.1. The van der Waals surface area contributed by atoms with E-state index in [9.17, 15) is 5.11 Å². The molecule has 1 nitrogen and oxygen atoms in total. The summed E-state index contributed by atoms with van der Waals surface area (Å²) in [7, 11) is 0. The first-order valence-electron chi connectivity index (χ1n) is 7.04. The molecule has 4 rings (SSSR count). The van der Waals surface area contributed by atoms with E-state index < -0.39 is 0 Å². The van der Waals surface area contributed by atoms with Crippen LogP contribution >= 0.6 is 0 Å². The summed E-state index contributed by atoms with van der Waals surface area (Å²) in [6.07, 6.45) is 17.7. The fourth-order valence-corrected chi connectivity index (χ4v) is 4.69. The summed E-state index contributed by atoms with van der Waals surface area (Å²) < 4.78 is 0. The maximum Gasteiger partial charge on any atom is 0.0574 e. The van der Waals surface area contributed by atoms with Crippen LogP contribution in [0.5, 0.6) is 0 Å². The zero-order chi connectivity index (χ0) is 11.5. The van der Waals surface area contributed by atoms with Gasteiger partial charge in [-0.15, -0.1) is 0 Å². The van der Waals surface area contributed by atoms with Gasteiger partial charge in [0.1, 0.15) is 0 Å². The average Bonchev–Trinajstić information content (AvgIpc) is 3.04. The molecule has 0 aromatic carbocycles. The van der Waals surface area contributed by atoms with E-state index in [2.05, 4.69) is 30.4 Å². The van der Waals surface area contributed by atoms with Crippen LogP contribution in [0.2, 0.25) is 0 Å². The van der Waals surface area contributed by atoms with Crippen LogP contribution in [0, 0.1) is 23.2 Å². The van der Waals surface area contributed by atoms with Gasteiger partial charge in [0.25, 0.3) is 0 Å². The van der Waals surface area contributed by atoms with Gasteiger partial charge in [0.15, 0.2) is 0 Å². The van der Waals surface area contributed by atoms with E-state index in [1.54, 1.807) is 0 Å². The lowest BCUT2D eigenvalue weighted by Crippen LogP contribution is -2.27. The van der Waals surface area contributed by atoms with Crippen molar-refractivity contribution in [3.05, 3.63) is 36.0 Å². The Bertz CT molecular complexity index is 431. The minimum atomic E-state index is -0.00288. The molecule has 0 bridgehead atoms. The zero-order valence-corrected chi connectivity index (χ0v) is 10.2. The second-order valence-electron chi connectivity index (χ2n) is 6.31. The predicted molar refractivity (Wildman–Crippen MR) is 68.4 cm³/mol. The highest BCUT2D eigenvalue weighted by Crippen LogP contribution is 2.70. The summed E-state index contributed by atoms with van der Waals surface area (Å²) in [5, 5.41) is 9.98. The van der Waals surface area contributed by atoms with Crippen molar-refractivity contribution in [1.82, 2.24) is 0 Å². The second-order valence-corrected chi connectivity index (χ2v) is 6.31. The summed E-state index contributed by atoms with van der Waals surface area (Å²) in [6.45, 7) is 0. The molecule has 4 aliphatic carbocycles. The molecule has 90 valence electrons. The lowest BCUT2D eigenvalue weighted by atomic mass is 9.69. The monoisotopic (exact) mass is 228 g/mol. The summed E-state index contributed by atoms with van der Waals surface area (Å²) >= 11 is 0. The number of hydrogen-bond acceptors (Lipinski definition) is 1. The highest BCUT2D eigenvalue weighted by molar-refractivity contribution is 5.36. The van der Waals surface area contributed by atoms with Crippen LogP contribution in [0.1, 0.15) is 32.1 Å². The Labute approximate surface area is 103 Å². The Hall–Kier alpha value is -0.820.